The first kappa shape index (κ1) is 22.0. The lowest BCUT2D eigenvalue weighted by atomic mass is 10.1. The van der Waals surface area contributed by atoms with Crippen LogP contribution < -0.4 is 10.6 Å². The Morgan fingerprint density at radius 3 is 2.62 bits per heavy atom. The summed E-state index contributed by atoms with van der Waals surface area (Å²) in [6.45, 7) is 2.47. The second-order valence-electron chi connectivity index (χ2n) is 7.48. The van der Waals surface area contributed by atoms with Crippen LogP contribution >= 0.6 is 11.8 Å². The summed E-state index contributed by atoms with van der Waals surface area (Å²) in [5, 5.41) is 17.5. The Morgan fingerprint density at radius 1 is 1.19 bits per heavy atom. The zero-order valence-corrected chi connectivity index (χ0v) is 18.5. The van der Waals surface area contributed by atoms with Gasteiger partial charge in [-0.2, -0.15) is 0 Å². The zero-order chi connectivity index (χ0) is 22.3. The maximum absolute atomic E-state index is 12.7. The van der Waals surface area contributed by atoms with E-state index in [-0.39, 0.29) is 23.6 Å². The summed E-state index contributed by atoms with van der Waals surface area (Å²) in [6, 6.07) is 10.7. The molecule has 1 fully saturated rings. The zero-order valence-electron chi connectivity index (χ0n) is 17.7. The maximum Gasteiger partial charge on any atom is 0.251 e. The third-order valence-electron chi connectivity index (χ3n) is 5.25. The Hall–Kier alpha value is -3.18. The summed E-state index contributed by atoms with van der Waals surface area (Å²) in [5.41, 5.74) is 1.15. The fourth-order valence-corrected chi connectivity index (χ4v) is 4.26. The molecule has 0 saturated carbocycles. The molecule has 11 heteroatoms. The van der Waals surface area contributed by atoms with Gasteiger partial charge in [0.1, 0.15) is 5.76 Å². The highest BCUT2D eigenvalue weighted by Gasteiger charge is 2.26. The normalized spacial score (nSPS) is 14.9. The second kappa shape index (κ2) is 10.4. The van der Waals surface area contributed by atoms with Gasteiger partial charge in [-0.1, -0.05) is 11.8 Å². The molecule has 32 heavy (non-hydrogen) atoms. The van der Waals surface area contributed by atoms with Gasteiger partial charge in [-0.15, -0.1) is 5.10 Å². The number of hydrogen-bond acceptors (Lipinski definition) is 8. The van der Waals surface area contributed by atoms with Crippen LogP contribution in [0, 0.1) is 0 Å². The number of aromatic nitrogens is 4. The van der Waals surface area contributed by atoms with E-state index in [9.17, 15) is 9.59 Å². The number of carbonyl (C=O) groups excluding carboxylic acids is 2. The van der Waals surface area contributed by atoms with E-state index in [1.165, 1.54) is 16.4 Å². The lowest BCUT2D eigenvalue weighted by Gasteiger charge is -2.26. The van der Waals surface area contributed by atoms with E-state index in [0.29, 0.717) is 23.0 Å². The van der Waals surface area contributed by atoms with E-state index in [1.54, 1.807) is 37.6 Å². The molecule has 168 valence electrons. The van der Waals surface area contributed by atoms with Gasteiger partial charge in [-0.3, -0.25) is 14.5 Å². The molecule has 3 heterocycles. The summed E-state index contributed by atoms with van der Waals surface area (Å²) in [5.74, 6) is 0.701. The van der Waals surface area contributed by atoms with Gasteiger partial charge < -0.3 is 15.1 Å². The fourth-order valence-electron chi connectivity index (χ4n) is 3.61. The summed E-state index contributed by atoms with van der Waals surface area (Å²) in [4.78, 5) is 27.2. The third kappa shape index (κ3) is 5.54. The van der Waals surface area contributed by atoms with Crippen LogP contribution in [0.5, 0.6) is 0 Å². The Labute approximate surface area is 189 Å². The van der Waals surface area contributed by atoms with E-state index in [2.05, 4.69) is 31.1 Å². The summed E-state index contributed by atoms with van der Waals surface area (Å²) in [7, 11) is 1.71. The number of amides is 2. The van der Waals surface area contributed by atoms with Crippen molar-refractivity contribution < 1.29 is 14.0 Å². The highest BCUT2D eigenvalue weighted by atomic mass is 32.2. The number of thioether (sulfide) groups is 1. The van der Waals surface area contributed by atoms with Gasteiger partial charge in [0, 0.05) is 24.8 Å². The van der Waals surface area contributed by atoms with Crippen LogP contribution in [0.1, 0.15) is 35.0 Å². The van der Waals surface area contributed by atoms with E-state index in [0.717, 1.165) is 31.7 Å². The highest BCUT2D eigenvalue weighted by molar-refractivity contribution is 7.99. The molecule has 10 nitrogen and oxygen atoms in total. The number of rotatable bonds is 9. The molecule has 2 N–H and O–H groups in total. The van der Waals surface area contributed by atoms with Crippen molar-refractivity contribution in [2.75, 3.05) is 30.7 Å². The summed E-state index contributed by atoms with van der Waals surface area (Å²) >= 11 is 1.25. The topological polar surface area (TPSA) is 118 Å². The molecule has 0 radical (unpaired) electrons. The van der Waals surface area contributed by atoms with Gasteiger partial charge in [0.25, 0.3) is 5.91 Å². The minimum absolute atomic E-state index is 0.0247. The number of carbonyl (C=O) groups is 2. The largest absolute Gasteiger partial charge is 0.468 e. The molecule has 1 saturated heterocycles. The number of nitrogens with zero attached hydrogens (tertiary/aromatic N) is 5. The first-order valence-corrected chi connectivity index (χ1v) is 11.4. The first-order valence-electron chi connectivity index (χ1n) is 10.4. The monoisotopic (exact) mass is 455 g/mol. The van der Waals surface area contributed by atoms with Crippen LogP contribution in [0.3, 0.4) is 0 Å². The van der Waals surface area contributed by atoms with Crippen molar-refractivity contribution in [3.63, 3.8) is 0 Å². The van der Waals surface area contributed by atoms with Crippen LogP contribution in [0.2, 0.25) is 0 Å². The van der Waals surface area contributed by atoms with E-state index in [1.807, 2.05) is 12.1 Å². The first-order chi connectivity index (χ1) is 15.6. The molecule has 0 spiro atoms. The molecule has 0 aliphatic carbocycles. The average molecular weight is 456 g/mol. The second-order valence-corrected chi connectivity index (χ2v) is 8.43. The predicted molar refractivity (Wildman–Crippen MR) is 119 cm³/mol. The molecule has 2 amide bonds. The summed E-state index contributed by atoms with van der Waals surface area (Å²) < 4.78 is 7.11. The molecule has 4 rings (SSSR count). The SMILES string of the molecule is Cn1nnnc1SCC(=O)Nc1ccc(C(=O)NC[C@@H](c2ccco2)N2CCCC2)cc1. The lowest BCUT2D eigenvalue weighted by Crippen LogP contribution is -2.36. The number of aryl methyl sites for hydroxylation is 1. The molecule has 1 atom stereocenters. The minimum Gasteiger partial charge on any atom is -0.468 e. The number of benzene rings is 1. The van der Waals surface area contributed by atoms with E-state index >= 15 is 0 Å². The van der Waals surface area contributed by atoms with Crippen LogP contribution in [0.25, 0.3) is 0 Å². The van der Waals surface area contributed by atoms with Crippen LogP contribution in [0.15, 0.2) is 52.2 Å². The Balaban J connectivity index is 1.28. The molecular weight excluding hydrogens is 430 g/mol. The third-order valence-corrected chi connectivity index (χ3v) is 6.26. The van der Waals surface area contributed by atoms with Gasteiger partial charge in [-0.05, 0) is 72.8 Å². The molecule has 1 aromatic carbocycles. The summed E-state index contributed by atoms with van der Waals surface area (Å²) in [6.07, 6.45) is 3.98. The molecule has 2 aromatic heterocycles. The van der Waals surface area contributed by atoms with Crippen LogP contribution in [-0.2, 0) is 11.8 Å². The number of tetrazole rings is 1. The van der Waals surface area contributed by atoms with Crippen molar-refractivity contribution in [2.24, 2.45) is 7.05 Å². The number of likely N-dealkylation sites (tertiary alicyclic amines) is 1. The standard InChI is InChI=1S/C21H25N7O3S/c1-27-21(24-25-26-27)32-14-19(29)23-16-8-6-15(7-9-16)20(30)22-13-17(18-5-4-12-31-18)28-10-2-3-11-28/h4-9,12,17H,2-3,10-11,13-14H2,1H3,(H,22,30)(H,23,29)/t17-/m0/s1. The van der Waals surface area contributed by atoms with Crippen LogP contribution in [-0.4, -0.2) is 62.3 Å². The number of furan rings is 1. The fraction of sp³-hybridized carbons (Fsp3) is 0.381. The van der Waals surface area contributed by atoms with Crippen molar-refractivity contribution in [3.05, 3.63) is 54.0 Å². The van der Waals surface area contributed by atoms with Gasteiger partial charge in [0.15, 0.2) is 0 Å². The van der Waals surface area contributed by atoms with Gasteiger partial charge in [0.2, 0.25) is 11.1 Å². The smallest absolute Gasteiger partial charge is 0.251 e. The Bertz CT molecular complexity index is 1030. The molecule has 0 bridgehead atoms. The van der Waals surface area contributed by atoms with Gasteiger partial charge >= 0.3 is 0 Å². The predicted octanol–water partition coefficient (Wildman–Crippen LogP) is 2.10. The van der Waals surface area contributed by atoms with Crippen molar-refractivity contribution in [1.29, 1.82) is 0 Å². The maximum atomic E-state index is 12.7. The highest BCUT2D eigenvalue weighted by Crippen LogP contribution is 2.25. The van der Waals surface area contributed by atoms with E-state index in [4.69, 9.17) is 4.42 Å². The van der Waals surface area contributed by atoms with Crippen molar-refractivity contribution in [3.8, 4) is 0 Å². The molecule has 1 aliphatic heterocycles. The van der Waals surface area contributed by atoms with Crippen molar-refractivity contribution >= 4 is 29.3 Å². The molecular formula is C21H25N7O3S. The van der Waals surface area contributed by atoms with Gasteiger partial charge in [-0.25, -0.2) is 4.68 Å². The van der Waals surface area contributed by atoms with Crippen LogP contribution in [0.4, 0.5) is 5.69 Å². The quantitative estimate of drug-likeness (QED) is 0.471. The minimum atomic E-state index is -0.179. The number of nitrogens with one attached hydrogen (secondary N) is 2. The average Bonchev–Trinajstić information content (AvgIpc) is 3.57. The molecule has 3 aromatic rings. The lowest BCUT2D eigenvalue weighted by molar-refractivity contribution is -0.113. The molecule has 1 aliphatic rings. The number of hydrogen-bond donors (Lipinski definition) is 2. The van der Waals surface area contributed by atoms with E-state index < -0.39 is 0 Å². The Morgan fingerprint density at radius 2 is 1.97 bits per heavy atom. The number of anilines is 1. The van der Waals surface area contributed by atoms with Crippen molar-refractivity contribution in [1.82, 2.24) is 30.4 Å². The molecule has 0 unspecified atom stereocenters. The van der Waals surface area contributed by atoms with Crippen molar-refractivity contribution in [2.45, 2.75) is 24.0 Å². The van der Waals surface area contributed by atoms with Gasteiger partial charge in [0.05, 0.1) is 18.1 Å². The Kier molecular flexibility index (Phi) is 7.17.